The fourth-order valence-electron chi connectivity index (χ4n) is 5.00. The van der Waals surface area contributed by atoms with Crippen molar-refractivity contribution in [3.8, 4) is 22.9 Å². The molecular weight excluding hydrogens is 478 g/mol. The van der Waals surface area contributed by atoms with Crippen LogP contribution in [0, 0.1) is 5.92 Å². The number of fused-ring (bicyclic) bond motifs is 4. The molecule has 182 valence electrons. The SMILES string of the molecule is COc1c(Cl)cccc1Nc1c(-c2ccnc3ccc(OCC4CC4)nc23)[nH]c2c1C(=O)N[C@H]1C[C@@H]21. The van der Waals surface area contributed by atoms with Gasteiger partial charge in [0.2, 0.25) is 5.88 Å². The Balaban J connectivity index is 1.40. The molecule has 8 nitrogen and oxygen atoms in total. The number of methoxy groups -OCH3 is 1. The molecule has 3 N–H and O–H groups in total. The van der Waals surface area contributed by atoms with Crippen molar-refractivity contribution in [2.75, 3.05) is 19.0 Å². The Morgan fingerprint density at radius 2 is 2.08 bits per heavy atom. The first-order valence-corrected chi connectivity index (χ1v) is 12.5. The van der Waals surface area contributed by atoms with Crippen LogP contribution >= 0.6 is 11.6 Å². The average molecular weight is 502 g/mol. The maximum absolute atomic E-state index is 13.2. The molecule has 0 radical (unpaired) electrons. The number of aromatic amines is 1. The molecule has 3 aliphatic rings. The van der Waals surface area contributed by atoms with Gasteiger partial charge in [0, 0.05) is 35.5 Å². The Hall–Kier alpha value is -3.78. The van der Waals surface area contributed by atoms with Gasteiger partial charge in [0.1, 0.15) is 5.52 Å². The van der Waals surface area contributed by atoms with Gasteiger partial charge in [-0.1, -0.05) is 17.7 Å². The lowest BCUT2D eigenvalue weighted by molar-refractivity contribution is 0.0944. The molecule has 2 aliphatic carbocycles. The van der Waals surface area contributed by atoms with Crippen molar-refractivity contribution < 1.29 is 14.3 Å². The summed E-state index contributed by atoms with van der Waals surface area (Å²) in [5.74, 6) is 1.88. The zero-order valence-electron chi connectivity index (χ0n) is 19.6. The molecule has 1 aromatic carbocycles. The van der Waals surface area contributed by atoms with Gasteiger partial charge in [-0.05, 0) is 49.4 Å². The van der Waals surface area contributed by atoms with Gasteiger partial charge in [-0.15, -0.1) is 0 Å². The number of aromatic nitrogens is 3. The number of rotatable bonds is 7. The van der Waals surface area contributed by atoms with E-state index in [-0.39, 0.29) is 17.9 Å². The van der Waals surface area contributed by atoms with Crippen LogP contribution in [-0.2, 0) is 0 Å². The van der Waals surface area contributed by atoms with Crippen molar-refractivity contribution in [1.29, 1.82) is 0 Å². The van der Waals surface area contributed by atoms with Crippen LogP contribution in [0.15, 0.2) is 42.6 Å². The number of H-pyrrole nitrogens is 1. The fraction of sp³-hybridized carbons (Fsp3) is 0.296. The molecule has 9 heteroatoms. The number of pyridine rings is 2. The maximum Gasteiger partial charge on any atom is 0.255 e. The number of ether oxygens (including phenoxy) is 2. The Labute approximate surface area is 212 Å². The molecule has 2 fully saturated rings. The van der Waals surface area contributed by atoms with Crippen LogP contribution in [0.1, 0.15) is 41.2 Å². The van der Waals surface area contributed by atoms with E-state index < -0.39 is 0 Å². The van der Waals surface area contributed by atoms with Crippen LogP contribution < -0.4 is 20.1 Å². The zero-order chi connectivity index (χ0) is 24.4. The first-order chi connectivity index (χ1) is 17.6. The first-order valence-electron chi connectivity index (χ1n) is 12.2. The van der Waals surface area contributed by atoms with Crippen molar-refractivity contribution in [3.05, 3.63) is 58.9 Å². The van der Waals surface area contributed by atoms with E-state index in [1.165, 1.54) is 12.8 Å². The Morgan fingerprint density at radius 1 is 1.19 bits per heavy atom. The van der Waals surface area contributed by atoms with Gasteiger partial charge in [0.25, 0.3) is 5.91 Å². The van der Waals surface area contributed by atoms with Crippen LogP contribution in [-0.4, -0.2) is 40.6 Å². The molecule has 7 rings (SSSR count). The van der Waals surface area contributed by atoms with Crippen molar-refractivity contribution >= 4 is 39.9 Å². The van der Waals surface area contributed by atoms with Crippen LogP contribution in [0.2, 0.25) is 5.02 Å². The summed E-state index contributed by atoms with van der Waals surface area (Å²) in [7, 11) is 1.57. The molecule has 2 atom stereocenters. The van der Waals surface area contributed by atoms with Gasteiger partial charge >= 0.3 is 0 Å². The highest BCUT2D eigenvalue weighted by Crippen LogP contribution is 2.51. The Morgan fingerprint density at radius 3 is 2.92 bits per heavy atom. The molecule has 1 amide bonds. The Kier molecular flexibility index (Phi) is 4.86. The summed E-state index contributed by atoms with van der Waals surface area (Å²) in [5.41, 5.74) is 5.93. The fourth-order valence-corrected chi connectivity index (χ4v) is 5.25. The second kappa shape index (κ2) is 8.13. The molecule has 4 heterocycles. The van der Waals surface area contributed by atoms with Gasteiger partial charge in [0.05, 0.1) is 46.9 Å². The van der Waals surface area contributed by atoms with Crippen LogP contribution in [0.25, 0.3) is 22.3 Å². The minimum Gasteiger partial charge on any atom is -0.493 e. The maximum atomic E-state index is 13.2. The van der Waals surface area contributed by atoms with Gasteiger partial charge in [-0.25, -0.2) is 4.98 Å². The lowest BCUT2D eigenvalue weighted by atomic mass is 10.0. The topological polar surface area (TPSA) is 101 Å². The molecule has 4 aromatic rings. The van der Waals surface area contributed by atoms with Gasteiger partial charge in [-0.3, -0.25) is 9.78 Å². The van der Waals surface area contributed by atoms with E-state index in [2.05, 4.69) is 20.6 Å². The Bertz CT molecular complexity index is 1530. The van der Waals surface area contributed by atoms with Crippen LogP contribution in [0.4, 0.5) is 11.4 Å². The van der Waals surface area contributed by atoms with Crippen LogP contribution in [0.5, 0.6) is 11.6 Å². The highest BCUT2D eigenvalue weighted by Gasteiger charge is 2.48. The normalized spacial score (nSPS) is 19.9. The number of carbonyl (C=O) groups excluding carboxylic acids is 1. The molecule has 3 aromatic heterocycles. The molecular formula is C27H24ClN5O3. The molecule has 36 heavy (non-hydrogen) atoms. The zero-order valence-corrected chi connectivity index (χ0v) is 20.4. The van der Waals surface area contributed by atoms with Gasteiger partial charge in [0.15, 0.2) is 5.75 Å². The highest BCUT2D eigenvalue weighted by molar-refractivity contribution is 6.32. The number of anilines is 2. The first kappa shape index (κ1) is 21.5. The molecule has 2 saturated carbocycles. The van der Waals surface area contributed by atoms with Gasteiger partial charge < -0.3 is 25.1 Å². The third kappa shape index (κ3) is 3.55. The van der Waals surface area contributed by atoms with E-state index >= 15 is 0 Å². The number of nitrogens with one attached hydrogen (secondary N) is 3. The predicted molar refractivity (Wildman–Crippen MR) is 137 cm³/mol. The summed E-state index contributed by atoms with van der Waals surface area (Å²) >= 11 is 6.40. The number of para-hydroxylation sites is 1. The van der Waals surface area contributed by atoms with Crippen molar-refractivity contribution in [2.24, 2.45) is 5.92 Å². The van der Waals surface area contributed by atoms with E-state index in [1.54, 1.807) is 19.4 Å². The number of carbonyl (C=O) groups is 1. The van der Waals surface area contributed by atoms with Crippen molar-refractivity contribution in [1.82, 2.24) is 20.3 Å². The van der Waals surface area contributed by atoms with Crippen LogP contribution in [0.3, 0.4) is 0 Å². The van der Waals surface area contributed by atoms with E-state index in [0.717, 1.165) is 28.9 Å². The number of halogens is 1. The number of hydrogen-bond donors (Lipinski definition) is 3. The number of benzene rings is 1. The number of nitrogens with zero attached hydrogens (tertiary/aromatic N) is 2. The summed E-state index contributed by atoms with van der Waals surface area (Å²) in [6.07, 6.45) is 5.10. The van der Waals surface area contributed by atoms with Gasteiger partial charge in [-0.2, -0.15) is 0 Å². The predicted octanol–water partition coefficient (Wildman–Crippen LogP) is 5.42. The standard InChI is InChI=1S/C27H24ClN5O3/c1-35-26-16(28)3-2-4-18(26)30-25-21-23(15-11-19(15)31-27(21)34)33-24(25)14-9-10-29-17-7-8-20(32-22(14)17)36-12-13-5-6-13/h2-4,7-10,13,15,19,30,33H,5-6,11-12H2,1H3,(H,31,34)/t15-,19+/m1/s1. The summed E-state index contributed by atoms with van der Waals surface area (Å²) in [4.78, 5) is 26.1. The highest BCUT2D eigenvalue weighted by atomic mass is 35.5. The lowest BCUT2D eigenvalue weighted by Gasteiger charge is -2.17. The summed E-state index contributed by atoms with van der Waals surface area (Å²) in [5, 5.41) is 7.05. The number of amides is 1. The largest absolute Gasteiger partial charge is 0.493 e. The summed E-state index contributed by atoms with van der Waals surface area (Å²) < 4.78 is 11.5. The van der Waals surface area contributed by atoms with Crippen molar-refractivity contribution in [2.45, 2.75) is 31.2 Å². The lowest BCUT2D eigenvalue weighted by Crippen LogP contribution is -2.31. The summed E-state index contributed by atoms with van der Waals surface area (Å²) in [6.45, 7) is 0.676. The molecule has 0 unspecified atom stereocenters. The quantitative estimate of drug-likeness (QED) is 0.312. The smallest absolute Gasteiger partial charge is 0.255 e. The summed E-state index contributed by atoms with van der Waals surface area (Å²) in [6, 6.07) is 11.4. The third-order valence-electron chi connectivity index (χ3n) is 7.16. The minimum atomic E-state index is -0.102. The molecule has 0 saturated heterocycles. The van der Waals surface area contributed by atoms with E-state index in [9.17, 15) is 4.79 Å². The second-order valence-corrected chi connectivity index (χ2v) is 10.1. The minimum absolute atomic E-state index is 0.102. The molecule has 0 bridgehead atoms. The monoisotopic (exact) mass is 501 g/mol. The van der Waals surface area contributed by atoms with Crippen molar-refractivity contribution in [3.63, 3.8) is 0 Å². The molecule has 0 spiro atoms. The van der Waals surface area contributed by atoms with E-state index in [1.807, 2.05) is 30.3 Å². The molecule has 1 aliphatic heterocycles. The second-order valence-electron chi connectivity index (χ2n) is 9.66. The third-order valence-corrected chi connectivity index (χ3v) is 7.45. The average Bonchev–Trinajstić information content (AvgIpc) is 3.81. The van der Waals surface area contributed by atoms with E-state index in [0.29, 0.717) is 51.6 Å². The number of hydrogen-bond acceptors (Lipinski definition) is 6. The van der Waals surface area contributed by atoms with E-state index in [4.69, 9.17) is 26.1 Å².